The highest BCUT2D eigenvalue weighted by molar-refractivity contribution is 6.10. The van der Waals surface area contributed by atoms with Crippen LogP contribution in [0.25, 0.3) is 21.8 Å². The van der Waals surface area contributed by atoms with Gasteiger partial charge < -0.3 is 14.5 Å². The SMILES string of the molecule is C=CC.CCOCOc1cccc2[nH]c3ccccc3c12. The molecule has 0 unspecified atom stereocenters. The Morgan fingerprint density at radius 3 is 2.57 bits per heavy atom. The Morgan fingerprint density at radius 2 is 1.81 bits per heavy atom. The van der Waals surface area contributed by atoms with Gasteiger partial charge in [0.25, 0.3) is 0 Å². The maximum Gasteiger partial charge on any atom is 0.189 e. The summed E-state index contributed by atoms with van der Waals surface area (Å²) in [5.41, 5.74) is 2.21. The van der Waals surface area contributed by atoms with Crippen LogP contribution in [0.2, 0.25) is 0 Å². The van der Waals surface area contributed by atoms with Crippen molar-refractivity contribution in [1.29, 1.82) is 0 Å². The third-order valence-electron chi connectivity index (χ3n) is 2.99. The summed E-state index contributed by atoms with van der Waals surface area (Å²) < 4.78 is 10.9. The number of hydrogen-bond acceptors (Lipinski definition) is 2. The molecular formula is C18H21NO2. The monoisotopic (exact) mass is 283 g/mol. The van der Waals surface area contributed by atoms with Gasteiger partial charge in [0.15, 0.2) is 6.79 Å². The molecule has 3 nitrogen and oxygen atoms in total. The molecule has 1 N–H and O–H groups in total. The highest BCUT2D eigenvalue weighted by Gasteiger charge is 2.08. The zero-order chi connectivity index (χ0) is 15.1. The Morgan fingerprint density at radius 1 is 1.10 bits per heavy atom. The summed E-state index contributed by atoms with van der Waals surface area (Å²) >= 11 is 0. The molecule has 21 heavy (non-hydrogen) atoms. The quantitative estimate of drug-likeness (QED) is 0.420. The highest BCUT2D eigenvalue weighted by Crippen LogP contribution is 2.32. The molecular weight excluding hydrogens is 262 g/mol. The standard InChI is InChI=1S/C15H15NO2.C3H6/c1-2-17-10-18-14-9-5-8-13-15(14)11-6-3-4-7-12(11)16-13;1-3-2/h3-9,16H,2,10H2,1H3;3H,1H2,2H3. The number of H-pyrrole nitrogens is 1. The second-order valence-corrected chi connectivity index (χ2v) is 4.51. The second kappa shape index (κ2) is 7.50. The lowest BCUT2D eigenvalue weighted by Crippen LogP contribution is -2.02. The third kappa shape index (κ3) is 3.44. The van der Waals surface area contributed by atoms with Crippen LogP contribution in [0, 0.1) is 0 Å². The number of para-hydroxylation sites is 1. The first kappa shape index (κ1) is 15.1. The number of fused-ring (bicyclic) bond motifs is 3. The summed E-state index contributed by atoms with van der Waals surface area (Å²) in [5.74, 6) is 0.860. The minimum Gasteiger partial charge on any atom is -0.467 e. The molecule has 0 amide bonds. The van der Waals surface area contributed by atoms with E-state index in [0.29, 0.717) is 6.61 Å². The van der Waals surface area contributed by atoms with E-state index in [0.717, 1.165) is 22.2 Å². The second-order valence-electron chi connectivity index (χ2n) is 4.51. The van der Waals surface area contributed by atoms with E-state index in [2.05, 4.69) is 29.8 Å². The van der Waals surface area contributed by atoms with Gasteiger partial charge in [-0.2, -0.15) is 0 Å². The largest absolute Gasteiger partial charge is 0.467 e. The van der Waals surface area contributed by atoms with Crippen LogP contribution in [0.4, 0.5) is 0 Å². The summed E-state index contributed by atoms with van der Waals surface area (Å²) in [7, 11) is 0. The smallest absolute Gasteiger partial charge is 0.189 e. The molecule has 110 valence electrons. The molecule has 0 saturated carbocycles. The Kier molecular flexibility index (Phi) is 5.41. The Labute approximate surface area is 125 Å². The van der Waals surface area contributed by atoms with Crippen LogP contribution in [-0.2, 0) is 4.74 Å². The Bertz CT molecular complexity index is 715. The number of hydrogen-bond donors (Lipinski definition) is 1. The van der Waals surface area contributed by atoms with Crippen molar-refractivity contribution in [1.82, 2.24) is 4.98 Å². The van der Waals surface area contributed by atoms with E-state index in [1.165, 1.54) is 5.39 Å². The number of ether oxygens (including phenoxy) is 2. The van der Waals surface area contributed by atoms with E-state index < -0.39 is 0 Å². The van der Waals surface area contributed by atoms with Crippen molar-refractivity contribution in [2.45, 2.75) is 13.8 Å². The van der Waals surface area contributed by atoms with Crippen molar-refractivity contribution in [3.05, 3.63) is 55.1 Å². The van der Waals surface area contributed by atoms with Gasteiger partial charge in [-0.05, 0) is 32.0 Å². The van der Waals surface area contributed by atoms with Gasteiger partial charge >= 0.3 is 0 Å². The fourth-order valence-corrected chi connectivity index (χ4v) is 2.18. The molecule has 0 bridgehead atoms. The van der Waals surface area contributed by atoms with Crippen molar-refractivity contribution in [3.63, 3.8) is 0 Å². The number of benzene rings is 2. The molecule has 0 spiro atoms. The average Bonchev–Trinajstić information content (AvgIpc) is 2.87. The summed E-state index contributed by atoms with van der Waals surface area (Å²) in [5, 5.41) is 2.30. The fraction of sp³-hybridized carbons (Fsp3) is 0.222. The van der Waals surface area contributed by atoms with Gasteiger partial charge in [-0.25, -0.2) is 0 Å². The molecule has 0 saturated heterocycles. The first-order chi connectivity index (χ1) is 10.3. The number of allylic oxidation sites excluding steroid dienone is 1. The number of nitrogens with one attached hydrogen (secondary N) is 1. The zero-order valence-corrected chi connectivity index (χ0v) is 12.6. The molecule has 0 aliphatic rings. The van der Waals surface area contributed by atoms with Crippen molar-refractivity contribution in [2.75, 3.05) is 13.4 Å². The first-order valence-corrected chi connectivity index (χ1v) is 7.08. The third-order valence-corrected chi connectivity index (χ3v) is 2.99. The van der Waals surface area contributed by atoms with Gasteiger partial charge in [0.1, 0.15) is 5.75 Å². The van der Waals surface area contributed by atoms with E-state index in [-0.39, 0.29) is 6.79 Å². The van der Waals surface area contributed by atoms with E-state index >= 15 is 0 Å². The van der Waals surface area contributed by atoms with Crippen molar-refractivity contribution in [3.8, 4) is 5.75 Å². The summed E-state index contributed by atoms with van der Waals surface area (Å²) in [4.78, 5) is 3.39. The Balaban J connectivity index is 0.000000497. The zero-order valence-electron chi connectivity index (χ0n) is 12.6. The van der Waals surface area contributed by atoms with Gasteiger partial charge in [-0.1, -0.05) is 30.3 Å². The van der Waals surface area contributed by atoms with Crippen LogP contribution in [0.15, 0.2) is 55.1 Å². The molecule has 1 heterocycles. The van der Waals surface area contributed by atoms with Crippen LogP contribution >= 0.6 is 0 Å². The van der Waals surface area contributed by atoms with E-state index in [9.17, 15) is 0 Å². The lowest BCUT2D eigenvalue weighted by atomic mass is 10.1. The molecule has 0 aliphatic heterocycles. The lowest BCUT2D eigenvalue weighted by molar-refractivity contribution is 0.0234. The van der Waals surface area contributed by atoms with Crippen LogP contribution in [0.3, 0.4) is 0 Å². The summed E-state index contributed by atoms with van der Waals surface area (Å²) in [6, 6.07) is 14.3. The predicted molar refractivity (Wildman–Crippen MR) is 88.8 cm³/mol. The summed E-state index contributed by atoms with van der Waals surface area (Å²) in [6.07, 6.45) is 1.75. The first-order valence-electron chi connectivity index (χ1n) is 7.08. The van der Waals surface area contributed by atoms with Gasteiger partial charge in [0, 0.05) is 22.9 Å². The van der Waals surface area contributed by atoms with E-state index in [1.807, 2.05) is 38.1 Å². The maximum atomic E-state index is 5.68. The van der Waals surface area contributed by atoms with Gasteiger partial charge in [-0.15, -0.1) is 6.58 Å². The van der Waals surface area contributed by atoms with E-state index in [4.69, 9.17) is 9.47 Å². The van der Waals surface area contributed by atoms with Gasteiger partial charge in [0.05, 0.1) is 5.52 Å². The maximum absolute atomic E-state index is 5.68. The Hall–Kier alpha value is -2.26. The topological polar surface area (TPSA) is 34.2 Å². The number of rotatable bonds is 4. The van der Waals surface area contributed by atoms with Crippen molar-refractivity contribution < 1.29 is 9.47 Å². The fourth-order valence-electron chi connectivity index (χ4n) is 2.18. The molecule has 0 aliphatic carbocycles. The van der Waals surface area contributed by atoms with Crippen LogP contribution in [-0.4, -0.2) is 18.4 Å². The number of aromatic amines is 1. The lowest BCUT2D eigenvalue weighted by Gasteiger charge is -2.07. The summed E-state index contributed by atoms with van der Waals surface area (Å²) in [6.45, 7) is 8.15. The van der Waals surface area contributed by atoms with Gasteiger partial charge in [-0.3, -0.25) is 0 Å². The average molecular weight is 283 g/mol. The molecule has 0 radical (unpaired) electrons. The van der Waals surface area contributed by atoms with Crippen molar-refractivity contribution in [2.24, 2.45) is 0 Å². The van der Waals surface area contributed by atoms with Crippen LogP contribution < -0.4 is 4.74 Å². The number of aromatic nitrogens is 1. The van der Waals surface area contributed by atoms with Crippen LogP contribution in [0.5, 0.6) is 5.75 Å². The van der Waals surface area contributed by atoms with Crippen LogP contribution in [0.1, 0.15) is 13.8 Å². The highest BCUT2D eigenvalue weighted by atomic mass is 16.7. The molecule has 3 heteroatoms. The van der Waals surface area contributed by atoms with Gasteiger partial charge in [0.2, 0.25) is 0 Å². The minimum absolute atomic E-state index is 0.287. The van der Waals surface area contributed by atoms with Crippen molar-refractivity contribution >= 4 is 21.8 Å². The normalized spacial score (nSPS) is 10.2. The molecule has 0 atom stereocenters. The minimum atomic E-state index is 0.287. The molecule has 3 rings (SSSR count). The molecule has 3 aromatic rings. The molecule has 0 fully saturated rings. The van der Waals surface area contributed by atoms with E-state index in [1.54, 1.807) is 6.08 Å². The molecule has 1 aromatic heterocycles. The predicted octanol–water partition coefficient (Wildman–Crippen LogP) is 4.89. The molecule has 2 aromatic carbocycles.